The fraction of sp³-hybridized carbons (Fsp3) is 0.312. The zero-order chi connectivity index (χ0) is 28.2. The van der Waals surface area contributed by atoms with Gasteiger partial charge in [0.2, 0.25) is 5.90 Å². The molecule has 0 atom stereocenters. The van der Waals surface area contributed by atoms with E-state index in [4.69, 9.17) is 35.3 Å². The van der Waals surface area contributed by atoms with Crippen molar-refractivity contribution < 1.29 is 28.5 Å². The van der Waals surface area contributed by atoms with E-state index in [0.29, 0.717) is 35.3 Å². The number of hydrogen-bond acceptors (Lipinski definition) is 7. The number of esters is 1. The molecule has 0 unspecified atom stereocenters. The molecule has 0 saturated carbocycles. The maximum Gasteiger partial charge on any atom is 0.363 e. The van der Waals surface area contributed by atoms with Crippen LogP contribution in [0.4, 0.5) is 0 Å². The molecule has 210 valence electrons. The van der Waals surface area contributed by atoms with Gasteiger partial charge in [-0.2, -0.15) is 0 Å². The lowest BCUT2D eigenvalue weighted by Crippen LogP contribution is -2.10. The Morgan fingerprint density at radius 1 is 0.825 bits per heavy atom. The second-order valence-corrected chi connectivity index (χ2v) is 9.45. The van der Waals surface area contributed by atoms with Gasteiger partial charge in [-0.1, -0.05) is 56.0 Å². The molecule has 4 rings (SSSR count). The number of unbranched alkanes of at least 4 members (excludes halogenated alkanes) is 3. The Morgan fingerprint density at radius 3 is 2.23 bits per heavy atom. The first-order valence-electron chi connectivity index (χ1n) is 13.6. The summed E-state index contributed by atoms with van der Waals surface area (Å²) >= 11 is 6.56. The minimum absolute atomic E-state index is 0.173. The highest BCUT2D eigenvalue weighted by atomic mass is 35.5. The fourth-order valence-corrected chi connectivity index (χ4v) is 4.27. The number of nitrogens with zero attached hydrogens (tertiary/aromatic N) is 1. The molecule has 1 aliphatic rings. The molecular weight excluding hydrogens is 530 g/mol. The monoisotopic (exact) mass is 563 g/mol. The SMILES string of the molecule is CCCCCCOc1ccc(OCCOc2c(Cl)cc(C=C3N=C(c4ccccc4)OC3=O)cc2OCC)cc1. The van der Waals surface area contributed by atoms with Crippen molar-refractivity contribution in [3.05, 3.63) is 88.6 Å². The first-order valence-corrected chi connectivity index (χ1v) is 14.0. The van der Waals surface area contributed by atoms with Crippen LogP contribution in [-0.4, -0.2) is 38.3 Å². The lowest BCUT2D eigenvalue weighted by atomic mass is 10.1. The average Bonchev–Trinajstić information content (AvgIpc) is 3.33. The number of rotatable bonds is 15. The third-order valence-electron chi connectivity index (χ3n) is 5.97. The molecule has 1 aliphatic heterocycles. The first-order chi connectivity index (χ1) is 19.6. The Balaban J connectivity index is 1.34. The molecule has 0 aromatic heterocycles. The third kappa shape index (κ3) is 8.26. The fourth-order valence-electron chi connectivity index (χ4n) is 4.00. The molecular formula is C32H34ClNO6. The van der Waals surface area contributed by atoms with Gasteiger partial charge in [0.25, 0.3) is 0 Å². The lowest BCUT2D eigenvalue weighted by molar-refractivity contribution is -0.129. The number of benzene rings is 3. The molecule has 0 aliphatic carbocycles. The van der Waals surface area contributed by atoms with Gasteiger partial charge < -0.3 is 23.7 Å². The number of carbonyl (C=O) groups excluding carboxylic acids is 1. The van der Waals surface area contributed by atoms with Crippen LogP contribution in [0.2, 0.25) is 5.02 Å². The zero-order valence-electron chi connectivity index (χ0n) is 22.9. The molecule has 3 aromatic carbocycles. The van der Waals surface area contributed by atoms with Crippen molar-refractivity contribution in [1.29, 1.82) is 0 Å². The minimum Gasteiger partial charge on any atom is -0.494 e. The highest BCUT2D eigenvalue weighted by Crippen LogP contribution is 2.37. The van der Waals surface area contributed by atoms with Gasteiger partial charge in [0.15, 0.2) is 17.2 Å². The van der Waals surface area contributed by atoms with Crippen molar-refractivity contribution in [2.45, 2.75) is 39.5 Å². The summed E-state index contributed by atoms with van der Waals surface area (Å²) in [5, 5.41) is 0.344. The Labute approximate surface area is 240 Å². The van der Waals surface area contributed by atoms with Crippen molar-refractivity contribution in [1.82, 2.24) is 0 Å². The highest BCUT2D eigenvalue weighted by Gasteiger charge is 2.24. The summed E-state index contributed by atoms with van der Waals surface area (Å²) in [5.41, 5.74) is 1.53. The smallest absolute Gasteiger partial charge is 0.363 e. The normalized spacial score (nSPS) is 13.6. The predicted octanol–water partition coefficient (Wildman–Crippen LogP) is 7.50. The highest BCUT2D eigenvalue weighted by molar-refractivity contribution is 6.32. The van der Waals surface area contributed by atoms with Crippen LogP contribution in [0.1, 0.15) is 50.7 Å². The van der Waals surface area contributed by atoms with Crippen LogP contribution >= 0.6 is 11.6 Å². The summed E-state index contributed by atoms with van der Waals surface area (Å²) in [6, 6.07) is 20.3. The minimum atomic E-state index is -0.531. The van der Waals surface area contributed by atoms with Crippen molar-refractivity contribution in [2.75, 3.05) is 26.4 Å². The van der Waals surface area contributed by atoms with Crippen molar-refractivity contribution >= 4 is 29.5 Å². The maximum absolute atomic E-state index is 12.4. The van der Waals surface area contributed by atoms with Gasteiger partial charge in [0, 0.05) is 5.56 Å². The molecule has 8 heteroatoms. The number of hydrogen-bond donors (Lipinski definition) is 0. The lowest BCUT2D eigenvalue weighted by Gasteiger charge is -2.15. The molecule has 0 N–H and O–H groups in total. The first kappa shape index (κ1) is 29.0. The summed E-state index contributed by atoms with van der Waals surface area (Å²) in [6.07, 6.45) is 6.30. The molecule has 1 heterocycles. The Hall–Kier alpha value is -3.97. The molecule has 0 radical (unpaired) electrons. The third-order valence-corrected chi connectivity index (χ3v) is 6.25. The van der Waals surface area contributed by atoms with E-state index in [0.717, 1.165) is 30.1 Å². The number of cyclic esters (lactones) is 1. The van der Waals surface area contributed by atoms with Crippen molar-refractivity contribution in [3.63, 3.8) is 0 Å². The Bertz CT molecular complexity index is 1320. The second-order valence-electron chi connectivity index (χ2n) is 9.04. The molecule has 0 bridgehead atoms. The number of halogens is 1. The van der Waals surface area contributed by atoms with Gasteiger partial charge in [-0.25, -0.2) is 9.79 Å². The van der Waals surface area contributed by atoms with Crippen LogP contribution in [0.5, 0.6) is 23.0 Å². The Kier molecular flexibility index (Phi) is 10.9. The van der Waals surface area contributed by atoms with E-state index in [1.807, 2.05) is 61.5 Å². The van der Waals surface area contributed by atoms with Crippen molar-refractivity contribution in [3.8, 4) is 23.0 Å². The number of carbonyl (C=O) groups is 1. The van der Waals surface area contributed by atoms with E-state index in [2.05, 4.69) is 11.9 Å². The van der Waals surface area contributed by atoms with Crippen LogP contribution in [0.15, 0.2) is 77.4 Å². The summed E-state index contributed by atoms with van der Waals surface area (Å²) in [5.74, 6) is 2.15. The molecule has 40 heavy (non-hydrogen) atoms. The standard InChI is InChI=1S/C32H34ClNO6/c1-3-5-6-10-17-37-25-13-15-26(16-14-25)38-18-19-39-30-27(33)20-23(22-29(30)36-4-2)21-28-32(35)40-31(34-28)24-11-8-7-9-12-24/h7-9,11-16,20-22H,3-6,10,17-19H2,1-2H3. The Morgan fingerprint density at radius 2 is 1.52 bits per heavy atom. The molecule has 0 spiro atoms. The van der Waals surface area contributed by atoms with Gasteiger partial charge in [-0.15, -0.1) is 0 Å². The van der Waals surface area contributed by atoms with E-state index in [1.54, 1.807) is 18.2 Å². The summed E-state index contributed by atoms with van der Waals surface area (Å²) in [7, 11) is 0. The maximum atomic E-state index is 12.4. The van der Waals surface area contributed by atoms with Crippen molar-refractivity contribution in [2.24, 2.45) is 4.99 Å². The van der Waals surface area contributed by atoms with E-state index < -0.39 is 5.97 Å². The van der Waals surface area contributed by atoms with Crippen LogP contribution in [0, 0.1) is 0 Å². The van der Waals surface area contributed by atoms with Crippen LogP contribution in [0.3, 0.4) is 0 Å². The van der Waals surface area contributed by atoms with E-state index in [1.165, 1.54) is 19.3 Å². The van der Waals surface area contributed by atoms with Crippen LogP contribution in [-0.2, 0) is 9.53 Å². The topological polar surface area (TPSA) is 75.6 Å². The molecule has 0 saturated heterocycles. The second kappa shape index (κ2) is 15.0. The van der Waals surface area contributed by atoms with Gasteiger partial charge in [0.05, 0.1) is 18.2 Å². The van der Waals surface area contributed by atoms with Crippen LogP contribution in [0.25, 0.3) is 6.08 Å². The number of aliphatic imine (C=N–C) groups is 1. The molecule has 7 nitrogen and oxygen atoms in total. The predicted molar refractivity (Wildman–Crippen MR) is 157 cm³/mol. The molecule has 0 amide bonds. The average molecular weight is 564 g/mol. The summed E-state index contributed by atoms with van der Waals surface area (Å²) in [6.45, 7) is 5.77. The van der Waals surface area contributed by atoms with Gasteiger partial charge >= 0.3 is 5.97 Å². The quantitative estimate of drug-likeness (QED) is 0.108. The van der Waals surface area contributed by atoms with Gasteiger partial charge in [-0.3, -0.25) is 0 Å². The molecule has 3 aromatic rings. The number of ether oxygens (including phenoxy) is 5. The zero-order valence-corrected chi connectivity index (χ0v) is 23.6. The van der Waals surface area contributed by atoms with Crippen LogP contribution < -0.4 is 18.9 Å². The summed E-state index contributed by atoms with van der Waals surface area (Å²) < 4.78 is 28.6. The summed E-state index contributed by atoms with van der Waals surface area (Å²) in [4.78, 5) is 16.7. The van der Waals surface area contributed by atoms with E-state index in [-0.39, 0.29) is 18.2 Å². The largest absolute Gasteiger partial charge is 0.494 e. The van der Waals surface area contributed by atoms with E-state index in [9.17, 15) is 4.79 Å². The molecule has 0 fully saturated rings. The van der Waals surface area contributed by atoms with Gasteiger partial charge in [-0.05, 0) is 73.5 Å². The van der Waals surface area contributed by atoms with Gasteiger partial charge in [0.1, 0.15) is 24.7 Å². The van der Waals surface area contributed by atoms with E-state index >= 15 is 0 Å².